The lowest BCUT2D eigenvalue weighted by Crippen LogP contribution is -2.52. The van der Waals surface area contributed by atoms with Crippen molar-refractivity contribution in [2.75, 3.05) is 0 Å². The average Bonchev–Trinajstić information content (AvgIpc) is 2.96. The second-order valence-electron chi connectivity index (χ2n) is 7.78. The van der Waals surface area contributed by atoms with Gasteiger partial charge in [-0.25, -0.2) is 17.2 Å². The minimum atomic E-state index is -3.82. The van der Waals surface area contributed by atoms with E-state index in [9.17, 15) is 22.0 Å². The molecule has 0 saturated carbocycles. The standard InChI is InChI=1S/C21H22F2N2O3S/c1-13-2-5-16(23)10-20(13)29(27,28)25-18-8-9-19(25)12-17(11-18)24-21(26)14-3-6-15(22)7-4-14/h2-7,10,17-19H,8-9,11-12H2,1H3,(H,24,26). The summed E-state index contributed by atoms with van der Waals surface area (Å²) in [7, 11) is -3.82. The molecule has 2 aliphatic heterocycles. The molecule has 0 radical (unpaired) electrons. The number of halogens is 2. The van der Waals surface area contributed by atoms with Crippen LogP contribution in [0.3, 0.4) is 0 Å². The van der Waals surface area contributed by atoms with E-state index in [2.05, 4.69) is 5.32 Å². The minimum Gasteiger partial charge on any atom is -0.349 e. The predicted octanol–water partition coefficient (Wildman–Crippen LogP) is 3.39. The number of amides is 1. The molecule has 2 aromatic carbocycles. The molecule has 8 heteroatoms. The number of hydrogen-bond acceptors (Lipinski definition) is 3. The van der Waals surface area contributed by atoms with Crippen LogP contribution >= 0.6 is 0 Å². The van der Waals surface area contributed by atoms with E-state index in [0.717, 1.165) is 6.07 Å². The van der Waals surface area contributed by atoms with Crippen molar-refractivity contribution < 1.29 is 22.0 Å². The molecule has 4 rings (SSSR count). The highest BCUT2D eigenvalue weighted by molar-refractivity contribution is 7.89. The molecule has 29 heavy (non-hydrogen) atoms. The van der Waals surface area contributed by atoms with Gasteiger partial charge in [-0.1, -0.05) is 6.07 Å². The van der Waals surface area contributed by atoms with Gasteiger partial charge in [0.15, 0.2) is 0 Å². The number of benzene rings is 2. The fourth-order valence-corrected chi connectivity index (χ4v) is 6.61. The van der Waals surface area contributed by atoms with Crippen LogP contribution in [0.4, 0.5) is 8.78 Å². The number of nitrogens with zero attached hydrogens (tertiary/aromatic N) is 1. The lowest BCUT2D eigenvalue weighted by atomic mass is 9.99. The Balaban J connectivity index is 1.51. The third-order valence-electron chi connectivity index (χ3n) is 5.81. The lowest BCUT2D eigenvalue weighted by molar-refractivity contribution is 0.0909. The molecule has 1 amide bonds. The molecule has 2 bridgehead atoms. The molecular formula is C21H22F2N2O3S. The summed E-state index contributed by atoms with van der Waals surface area (Å²) in [4.78, 5) is 12.4. The van der Waals surface area contributed by atoms with E-state index < -0.39 is 21.7 Å². The van der Waals surface area contributed by atoms with Crippen molar-refractivity contribution in [3.05, 3.63) is 65.2 Å². The molecule has 2 saturated heterocycles. The van der Waals surface area contributed by atoms with Gasteiger partial charge in [-0.3, -0.25) is 4.79 Å². The summed E-state index contributed by atoms with van der Waals surface area (Å²) in [5, 5.41) is 2.94. The Morgan fingerprint density at radius 3 is 2.21 bits per heavy atom. The molecule has 2 unspecified atom stereocenters. The second kappa shape index (κ2) is 7.50. The van der Waals surface area contributed by atoms with Crippen LogP contribution in [0, 0.1) is 18.6 Å². The number of rotatable bonds is 4. The van der Waals surface area contributed by atoms with Crippen LogP contribution < -0.4 is 5.32 Å². The van der Waals surface area contributed by atoms with Crippen LogP contribution in [0.25, 0.3) is 0 Å². The van der Waals surface area contributed by atoms with Crippen LogP contribution in [0.5, 0.6) is 0 Å². The lowest BCUT2D eigenvalue weighted by Gasteiger charge is -2.38. The van der Waals surface area contributed by atoms with Gasteiger partial charge in [-0.05, 0) is 74.6 Å². The number of carbonyl (C=O) groups is 1. The van der Waals surface area contributed by atoms with Gasteiger partial charge in [0.25, 0.3) is 5.91 Å². The maximum absolute atomic E-state index is 13.7. The van der Waals surface area contributed by atoms with E-state index in [1.165, 1.54) is 40.7 Å². The predicted molar refractivity (Wildman–Crippen MR) is 104 cm³/mol. The Labute approximate surface area is 168 Å². The number of sulfonamides is 1. The number of fused-ring (bicyclic) bond motifs is 2. The summed E-state index contributed by atoms with van der Waals surface area (Å²) in [5.74, 6) is -1.29. The van der Waals surface area contributed by atoms with Crippen molar-refractivity contribution >= 4 is 15.9 Å². The summed E-state index contributed by atoms with van der Waals surface area (Å²) < 4.78 is 54.7. The smallest absolute Gasteiger partial charge is 0.251 e. The quantitative estimate of drug-likeness (QED) is 0.825. The number of aryl methyl sites for hydroxylation is 1. The molecule has 0 aromatic heterocycles. The highest BCUT2D eigenvalue weighted by atomic mass is 32.2. The van der Waals surface area contributed by atoms with Crippen molar-refractivity contribution in [3.63, 3.8) is 0 Å². The largest absolute Gasteiger partial charge is 0.349 e. The fraction of sp³-hybridized carbons (Fsp3) is 0.381. The zero-order chi connectivity index (χ0) is 20.8. The molecule has 2 fully saturated rings. The van der Waals surface area contributed by atoms with E-state index in [-0.39, 0.29) is 28.9 Å². The third kappa shape index (κ3) is 3.79. The van der Waals surface area contributed by atoms with E-state index in [1.54, 1.807) is 6.92 Å². The molecule has 1 N–H and O–H groups in total. The van der Waals surface area contributed by atoms with E-state index >= 15 is 0 Å². The second-order valence-corrected chi connectivity index (χ2v) is 9.59. The van der Waals surface area contributed by atoms with Gasteiger partial charge in [0.1, 0.15) is 11.6 Å². The molecule has 2 aromatic rings. The van der Waals surface area contributed by atoms with Gasteiger partial charge in [0.2, 0.25) is 10.0 Å². The number of carbonyl (C=O) groups excluding carboxylic acids is 1. The van der Waals surface area contributed by atoms with Crippen molar-refractivity contribution in [1.82, 2.24) is 9.62 Å². The fourth-order valence-electron chi connectivity index (χ4n) is 4.48. The van der Waals surface area contributed by atoms with Gasteiger partial charge >= 0.3 is 0 Å². The summed E-state index contributed by atoms with van der Waals surface area (Å²) in [6, 6.07) is 8.47. The minimum absolute atomic E-state index is 0.00296. The van der Waals surface area contributed by atoms with E-state index in [1.807, 2.05) is 0 Å². The molecule has 0 spiro atoms. The average molecular weight is 420 g/mol. The highest BCUT2D eigenvalue weighted by Crippen LogP contribution is 2.40. The Morgan fingerprint density at radius 2 is 1.59 bits per heavy atom. The zero-order valence-electron chi connectivity index (χ0n) is 15.9. The summed E-state index contributed by atoms with van der Waals surface area (Å²) in [6.45, 7) is 1.66. The monoisotopic (exact) mass is 420 g/mol. The summed E-state index contributed by atoms with van der Waals surface area (Å²) in [5.41, 5.74) is 0.877. The van der Waals surface area contributed by atoms with Crippen LogP contribution in [-0.2, 0) is 10.0 Å². The van der Waals surface area contributed by atoms with Gasteiger partial charge in [-0.2, -0.15) is 4.31 Å². The number of hydrogen-bond donors (Lipinski definition) is 1. The first-order valence-electron chi connectivity index (χ1n) is 9.62. The zero-order valence-corrected chi connectivity index (χ0v) is 16.8. The first kappa shape index (κ1) is 20.0. The van der Waals surface area contributed by atoms with E-state index in [0.29, 0.717) is 36.8 Å². The van der Waals surface area contributed by atoms with Crippen molar-refractivity contribution in [2.45, 2.75) is 55.6 Å². The maximum Gasteiger partial charge on any atom is 0.251 e. The maximum atomic E-state index is 13.7. The van der Waals surface area contributed by atoms with Crippen molar-refractivity contribution in [1.29, 1.82) is 0 Å². The molecule has 0 aliphatic carbocycles. The Hall–Kier alpha value is -2.32. The topological polar surface area (TPSA) is 66.5 Å². The van der Waals surface area contributed by atoms with Crippen LogP contribution in [-0.4, -0.2) is 36.8 Å². The normalized spacial score (nSPS) is 24.4. The van der Waals surface area contributed by atoms with Gasteiger partial charge < -0.3 is 5.32 Å². The van der Waals surface area contributed by atoms with Crippen LogP contribution in [0.1, 0.15) is 41.6 Å². The first-order valence-corrected chi connectivity index (χ1v) is 11.1. The summed E-state index contributed by atoms with van der Waals surface area (Å²) in [6.07, 6.45) is 2.41. The first-order chi connectivity index (χ1) is 13.8. The third-order valence-corrected chi connectivity index (χ3v) is 7.96. The SMILES string of the molecule is Cc1ccc(F)cc1S(=O)(=O)N1C2CCC1CC(NC(=O)c1ccc(F)cc1)C2. The molecule has 154 valence electrons. The van der Waals surface area contributed by atoms with Gasteiger partial charge in [0, 0.05) is 23.7 Å². The molecule has 2 atom stereocenters. The Kier molecular flexibility index (Phi) is 5.16. The molecule has 2 aliphatic rings. The molecule has 5 nitrogen and oxygen atoms in total. The van der Waals surface area contributed by atoms with Crippen molar-refractivity contribution in [3.8, 4) is 0 Å². The van der Waals surface area contributed by atoms with Crippen LogP contribution in [0.15, 0.2) is 47.4 Å². The Morgan fingerprint density at radius 1 is 1.00 bits per heavy atom. The Bertz CT molecular complexity index is 1030. The number of nitrogens with one attached hydrogen (secondary N) is 1. The molecule has 2 heterocycles. The van der Waals surface area contributed by atoms with Crippen LogP contribution in [0.2, 0.25) is 0 Å². The van der Waals surface area contributed by atoms with E-state index in [4.69, 9.17) is 0 Å². The van der Waals surface area contributed by atoms with Gasteiger partial charge in [-0.15, -0.1) is 0 Å². The number of piperidine rings is 1. The highest BCUT2D eigenvalue weighted by Gasteiger charge is 2.47. The van der Waals surface area contributed by atoms with Crippen molar-refractivity contribution in [2.24, 2.45) is 0 Å². The van der Waals surface area contributed by atoms with Gasteiger partial charge in [0.05, 0.1) is 4.90 Å². The molecular weight excluding hydrogens is 398 g/mol. The summed E-state index contributed by atoms with van der Waals surface area (Å²) >= 11 is 0.